The summed E-state index contributed by atoms with van der Waals surface area (Å²) in [6.45, 7) is 0. The van der Waals surface area contributed by atoms with Gasteiger partial charge < -0.3 is 4.42 Å². The van der Waals surface area contributed by atoms with Crippen molar-refractivity contribution in [1.82, 2.24) is 4.98 Å². The third-order valence-corrected chi connectivity index (χ3v) is 6.44. The predicted molar refractivity (Wildman–Crippen MR) is 76.7 cm³/mol. The molecule has 1 aromatic carbocycles. The highest BCUT2D eigenvalue weighted by atomic mass is 35.5. The van der Waals surface area contributed by atoms with Gasteiger partial charge in [0.1, 0.15) is 0 Å². The topological polar surface area (TPSA) is 46.0 Å². The van der Waals surface area contributed by atoms with Crippen molar-refractivity contribution >= 4 is 22.7 Å². The lowest BCUT2D eigenvalue weighted by atomic mass is 9.97. The van der Waals surface area contributed by atoms with Gasteiger partial charge in [0.25, 0.3) is 0 Å². The average Bonchev–Trinajstić information content (AvgIpc) is 2.76. The summed E-state index contributed by atoms with van der Waals surface area (Å²) in [7, 11) is 0. The van der Waals surface area contributed by atoms with Crippen LogP contribution in [0.25, 0.3) is 11.1 Å². The Labute approximate surface area is 121 Å². The predicted octanol–water partition coefficient (Wildman–Crippen LogP) is 3.69. The Kier molecular flexibility index (Phi) is 2.12. The molecule has 1 N–H and O–H groups in total. The van der Waals surface area contributed by atoms with Crippen molar-refractivity contribution in [2.75, 3.05) is 0 Å². The SMILES string of the molecule is O=c1[nH]c2ccc(C(Cl)C3C4C5CCC(C5)C43)cc2o1. The monoisotopic (exact) mass is 289 g/mol. The van der Waals surface area contributed by atoms with E-state index in [0.717, 1.165) is 34.8 Å². The van der Waals surface area contributed by atoms with Gasteiger partial charge in [-0.25, -0.2) is 4.79 Å². The zero-order valence-corrected chi connectivity index (χ0v) is 11.8. The van der Waals surface area contributed by atoms with Crippen LogP contribution in [0.3, 0.4) is 0 Å². The Morgan fingerprint density at radius 1 is 1.25 bits per heavy atom. The number of hydrogen-bond donors (Lipinski definition) is 1. The molecule has 0 aliphatic heterocycles. The molecule has 5 atom stereocenters. The number of aromatic amines is 1. The molecule has 2 aromatic rings. The molecule has 5 unspecified atom stereocenters. The number of nitrogens with one attached hydrogen (secondary N) is 1. The summed E-state index contributed by atoms with van der Waals surface area (Å²) in [5.41, 5.74) is 2.46. The molecule has 0 radical (unpaired) electrons. The van der Waals surface area contributed by atoms with E-state index in [9.17, 15) is 4.79 Å². The van der Waals surface area contributed by atoms with Crippen LogP contribution in [-0.4, -0.2) is 4.98 Å². The molecule has 3 fully saturated rings. The molecular weight excluding hydrogens is 274 g/mol. The van der Waals surface area contributed by atoms with Crippen molar-refractivity contribution in [3.8, 4) is 0 Å². The molecule has 4 heteroatoms. The molecule has 1 aromatic heterocycles. The van der Waals surface area contributed by atoms with E-state index in [4.69, 9.17) is 16.0 Å². The van der Waals surface area contributed by atoms with Gasteiger partial charge in [0.15, 0.2) is 5.58 Å². The standard InChI is InChI=1S/C16H16ClNO2/c17-15(14-12-7-1-2-8(5-7)13(12)14)9-3-4-10-11(6-9)20-16(19)18-10/h3-4,6-8,12-15H,1-2,5H2,(H,18,19). The third kappa shape index (κ3) is 1.39. The second kappa shape index (κ2) is 3.70. The Morgan fingerprint density at radius 2 is 2.00 bits per heavy atom. The Bertz CT molecular complexity index is 732. The minimum Gasteiger partial charge on any atom is -0.408 e. The van der Waals surface area contributed by atoms with Crippen LogP contribution >= 0.6 is 11.6 Å². The van der Waals surface area contributed by atoms with E-state index in [1.165, 1.54) is 19.3 Å². The largest absolute Gasteiger partial charge is 0.417 e. The van der Waals surface area contributed by atoms with E-state index in [1.54, 1.807) is 0 Å². The summed E-state index contributed by atoms with van der Waals surface area (Å²) in [6.07, 6.45) is 4.27. The highest BCUT2D eigenvalue weighted by Gasteiger charge is 2.66. The van der Waals surface area contributed by atoms with Gasteiger partial charge in [-0.1, -0.05) is 6.07 Å². The number of H-pyrrole nitrogens is 1. The maximum absolute atomic E-state index is 11.2. The summed E-state index contributed by atoms with van der Waals surface area (Å²) in [5.74, 6) is 3.85. The molecule has 0 amide bonds. The zero-order valence-electron chi connectivity index (χ0n) is 11.0. The molecule has 3 saturated carbocycles. The van der Waals surface area contributed by atoms with Crippen LogP contribution in [0.1, 0.15) is 30.2 Å². The molecule has 2 bridgehead atoms. The van der Waals surface area contributed by atoms with Crippen LogP contribution in [0.2, 0.25) is 0 Å². The molecule has 20 heavy (non-hydrogen) atoms. The lowest BCUT2D eigenvalue weighted by Gasteiger charge is -2.14. The number of benzene rings is 1. The van der Waals surface area contributed by atoms with Gasteiger partial charge in [0, 0.05) is 0 Å². The maximum Gasteiger partial charge on any atom is 0.417 e. The fraction of sp³-hybridized carbons (Fsp3) is 0.562. The number of aromatic nitrogens is 1. The second-order valence-electron chi connectivity index (χ2n) is 6.74. The number of halogens is 1. The first-order chi connectivity index (χ1) is 9.72. The minimum atomic E-state index is -0.399. The average molecular weight is 290 g/mol. The maximum atomic E-state index is 11.2. The van der Waals surface area contributed by atoms with Gasteiger partial charge in [-0.05, 0) is 66.5 Å². The van der Waals surface area contributed by atoms with Crippen molar-refractivity contribution in [1.29, 1.82) is 0 Å². The van der Waals surface area contributed by atoms with E-state index in [0.29, 0.717) is 11.5 Å². The summed E-state index contributed by atoms with van der Waals surface area (Å²) in [4.78, 5) is 13.9. The molecule has 3 nitrogen and oxygen atoms in total. The molecule has 3 aliphatic carbocycles. The molecular formula is C16H16ClNO2. The van der Waals surface area contributed by atoms with E-state index < -0.39 is 5.76 Å². The molecule has 104 valence electrons. The Balaban J connectivity index is 1.48. The van der Waals surface area contributed by atoms with E-state index in [2.05, 4.69) is 4.98 Å². The van der Waals surface area contributed by atoms with Crippen LogP contribution in [0.15, 0.2) is 27.4 Å². The summed E-state index contributed by atoms with van der Waals surface area (Å²) in [6, 6.07) is 5.86. The molecule has 3 aliphatic rings. The second-order valence-corrected chi connectivity index (χ2v) is 7.21. The first-order valence-electron chi connectivity index (χ1n) is 7.49. The minimum absolute atomic E-state index is 0.0676. The molecule has 1 heterocycles. The van der Waals surface area contributed by atoms with Crippen molar-refractivity contribution < 1.29 is 4.42 Å². The number of rotatable bonds is 2. The van der Waals surface area contributed by atoms with Crippen LogP contribution in [-0.2, 0) is 0 Å². The number of alkyl halides is 1. The smallest absolute Gasteiger partial charge is 0.408 e. The van der Waals surface area contributed by atoms with E-state index in [-0.39, 0.29) is 5.38 Å². The number of fused-ring (bicyclic) bond motifs is 6. The van der Waals surface area contributed by atoms with Gasteiger partial charge in [-0.2, -0.15) is 0 Å². The lowest BCUT2D eigenvalue weighted by molar-refractivity contribution is 0.455. The van der Waals surface area contributed by atoms with Gasteiger partial charge in [0.2, 0.25) is 0 Å². The first kappa shape index (κ1) is 11.4. The summed E-state index contributed by atoms with van der Waals surface area (Å²) >= 11 is 6.74. The van der Waals surface area contributed by atoms with Crippen molar-refractivity contribution in [3.05, 3.63) is 34.3 Å². The van der Waals surface area contributed by atoms with Crippen molar-refractivity contribution in [3.63, 3.8) is 0 Å². The van der Waals surface area contributed by atoms with Crippen molar-refractivity contribution in [2.24, 2.45) is 29.6 Å². The van der Waals surface area contributed by atoms with Gasteiger partial charge in [0.05, 0.1) is 10.9 Å². The zero-order chi connectivity index (χ0) is 13.4. The van der Waals surface area contributed by atoms with Gasteiger partial charge in [-0.3, -0.25) is 4.98 Å². The van der Waals surface area contributed by atoms with Crippen molar-refractivity contribution in [2.45, 2.75) is 24.6 Å². The van der Waals surface area contributed by atoms with Crippen LogP contribution in [0.4, 0.5) is 0 Å². The highest BCUT2D eigenvalue weighted by Crippen LogP contribution is 2.73. The van der Waals surface area contributed by atoms with Gasteiger partial charge in [-0.15, -0.1) is 11.6 Å². The Hall–Kier alpha value is -1.22. The fourth-order valence-corrected chi connectivity index (χ4v) is 5.61. The quantitative estimate of drug-likeness (QED) is 0.857. The molecule has 0 spiro atoms. The first-order valence-corrected chi connectivity index (χ1v) is 7.93. The van der Waals surface area contributed by atoms with Crippen LogP contribution < -0.4 is 5.76 Å². The van der Waals surface area contributed by atoms with E-state index >= 15 is 0 Å². The summed E-state index contributed by atoms with van der Waals surface area (Å²) in [5, 5.41) is 0.0676. The van der Waals surface area contributed by atoms with E-state index in [1.807, 2.05) is 18.2 Å². The molecule has 5 rings (SSSR count). The highest BCUT2D eigenvalue weighted by molar-refractivity contribution is 6.21. The Morgan fingerprint density at radius 3 is 2.75 bits per heavy atom. The van der Waals surface area contributed by atoms with Crippen LogP contribution in [0.5, 0.6) is 0 Å². The molecule has 0 saturated heterocycles. The third-order valence-electron chi connectivity index (χ3n) is 5.90. The number of oxazole rings is 1. The summed E-state index contributed by atoms with van der Waals surface area (Å²) < 4.78 is 5.14. The number of hydrogen-bond acceptors (Lipinski definition) is 2. The van der Waals surface area contributed by atoms with Gasteiger partial charge >= 0.3 is 5.76 Å². The fourth-order valence-electron chi connectivity index (χ4n) is 5.14. The normalized spacial score (nSPS) is 39.1. The lowest BCUT2D eigenvalue weighted by Crippen LogP contribution is -2.04. The van der Waals surface area contributed by atoms with Crippen LogP contribution in [0, 0.1) is 29.6 Å².